The lowest BCUT2D eigenvalue weighted by Gasteiger charge is -2.19. The van der Waals surface area contributed by atoms with Crippen LogP contribution in [0.25, 0.3) is 0 Å². The lowest BCUT2D eigenvalue weighted by atomic mass is 10.1. The molecule has 106 valence electrons. The molecule has 0 heterocycles. The summed E-state index contributed by atoms with van der Waals surface area (Å²) in [6.07, 6.45) is 0. The summed E-state index contributed by atoms with van der Waals surface area (Å²) in [5.41, 5.74) is 2.03. The van der Waals surface area contributed by atoms with Crippen LogP contribution in [0, 0.1) is 0 Å². The minimum absolute atomic E-state index is 0.0946. The van der Waals surface area contributed by atoms with Crippen LogP contribution < -0.4 is 10.1 Å². The van der Waals surface area contributed by atoms with Crippen molar-refractivity contribution in [1.29, 1.82) is 0 Å². The van der Waals surface area contributed by atoms with Gasteiger partial charge in [-0.05, 0) is 43.7 Å². The maximum absolute atomic E-state index is 6.29. The molecule has 0 aromatic heterocycles. The highest BCUT2D eigenvalue weighted by molar-refractivity contribution is 9.10. The maximum Gasteiger partial charge on any atom is 0.142 e. The van der Waals surface area contributed by atoms with Gasteiger partial charge in [0.15, 0.2) is 0 Å². The van der Waals surface area contributed by atoms with Gasteiger partial charge in [-0.25, -0.2) is 0 Å². The van der Waals surface area contributed by atoms with E-state index in [9.17, 15) is 0 Å². The fourth-order valence-electron chi connectivity index (χ4n) is 2.03. The number of halogens is 2. The Kier molecular flexibility index (Phi) is 5.32. The van der Waals surface area contributed by atoms with Crippen molar-refractivity contribution >= 4 is 33.2 Å². The van der Waals surface area contributed by atoms with Crippen molar-refractivity contribution in [2.24, 2.45) is 0 Å². The summed E-state index contributed by atoms with van der Waals surface area (Å²) >= 11 is 9.71. The molecule has 1 atom stereocenters. The van der Waals surface area contributed by atoms with Gasteiger partial charge in [-0.1, -0.05) is 45.7 Å². The quantitative estimate of drug-likeness (QED) is 0.746. The fraction of sp³-hybridized carbons (Fsp3) is 0.250. The van der Waals surface area contributed by atoms with Crippen LogP contribution in [0.3, 0.4) is 0 Å². The first-order valence-electron chi connectivity index (χ1n) is 6.55. The van der Waals surface area contributed by atoms with Crippen LogP contribution >= 0.6 is 27.5 Å². The number of nitrogens with one attached hydrogen (secondary N) is 1. The third kappa shape index (κ3) is 3.68. The van der Waals surface area contributed by atoms with Gasteiger partial charge in [0.2, 0.25) is 0 Å². The van der Waals surface area contributed by atoms with Crippen LogP contribution in [0.2, 0.25) is 5.02 Å². The summed E-state index contributed by atoms with van der Waals surface area (Å²) < 4.78 is 6.60. The van der Waals surface area contributed by atoms with E-state index in [4.69, 9.17) is 16.3 Å². The summed E-state index contributed by atoms with van der Waals surface area (Å²) in [5, 5.41) is 4.19. The average molecular weight is 355 g/mol. The van der Waals surface area contributed by atoms with Gasteiger partial charge in [-0.15, -0.1) is 0 Å². The third-order valence-corrected chi connectivity index (χ3v) is 3.81. The van der Waals surface area contributed by atoms with E-state index < -0.39 is 0 Å². The van der Waals surface area contributed by atoms with Crippen molar-refractivity contribution in [2.75, 3.05) is 11.9 Å². The minimum atomic E-state index is 0.0946. The van der Waals surface area contributed by atoms with Crippen molar-refractivity contribution < 1.29 is 4.74 Å². The Morgan fingerprint density at radius 1 is 1.25 bits per heavy atom. The summed E-state index contributed by atoms with van der Waals surface area (Å²) in [5.74, 6) is 0.857. The summed E-state index contributed by atoms with van der Waals surface area (Å²) in [7, 11) is 0. The van der Waals surface area contributed by atoms with Gasteiger partial charge in [0, 0.05) is 9.50 Å². The Bertz CT molecular complexity index is 588. The number of para-hydroxylation sites is 2. The number of rotatable bonds is 5. The van der Waals surface area contributed by atoms with Crippen LogP contribution in [0.1, 0.15) is 25.5 Å². The Morgan fingerprint density at radius 2 is 2.00 bits per heavy atom. The lowest BCUT2D eigenvalue weighted by Crippen LogP contribution is -2.08. The molecule has 20 heavy (non-hydrogen) atoms. The van der Waals surface area contributed by atoms with Crippen molar-refractivity contribution in [2.45, 2.75) is 19.9 Å². The summed E-state index contributed by atoms with van der Waals surface area (Å²) in [6.45, 7) is 4.70. The number of hydrogen-bond acceptors (Lipinski definition) is 2. The monoisotopic (exact) mass is 353 g/mol. The van der Waals surface area contributed by atoms with Crippen molar-refractivity contribution in [1.82, 2.24) is 0 Å². The van der Waals surface area contributed by atoms with Crippen LogP contribution in [-0.2, 0) is 0 Å². The van der Waals surface area contributed by atoms with E-state index in [1.165, 1.54) is 0 Å². The van der Waals surface area contributed by atoms with E-state index in [1.54, 1.807) is 0 Å². The molecule has 1 unspecified atom stereocenters. The second kappa shape index (κ2) is 7.00. The van der Waals surface area contributed by atoms with Gasteiger partial charge in [-0.2, -0.15) is 0 Å². The zero-order chi connectivity index (χ0) is 14.5. The molecule has 2 rings (SSSR count). The molecule has 0 aliphatic rings. The molecule has 0 aliphatic heterocycles. The molecule has 2 aromatic carbocycles. The zero-order valence-electron chi connectivity index (χ0n) is 11.5. The van der Waals surface area contributed by atoms with E-state index in [2.05, 4.69) is 28.2 Å². The Balaban J connectivity index is 2.21. The number of anilines is 1. The highest BCUT2D eigenvalue weighted by atomic mass is 79.9. The number of hydrogen-bond donors (Lipinski definition) is 1. The smallest absolute Gasteiger partial charge is 0.142 e. The second-order valence-electron chi connectivity index (χ2n) is 4.46. The molecule has 0 spiro atoms. The first kappa shape index (κ1) is 15.2. The highest BCUT2D eigenvalue weighted by Gasteiger charge is 2.12. The fourth-order valence-corrected chi connectivity index (χ4v) is 2.87. The summed E-state index contributed by atoms with van der Waals surface area (Å²) in [4.78, 5) is 0. The Hall–Kier alpha value is -1.19. The van der Waals surface area contributed by atoms with Crippen LogP contribution in [0.4, 0.5) is 5.69 Å². The molecule has 0 bridgehead atoms. The van der Waals surface area contributed by atoms with Crippen LogP contribution in [0.5, 0.6) is 5.75 Å². The molecule has 0 saturated carbocycles. The largest absolute Gasteiger partial charge is 0.492 e. The van der Waals surface area contributed by atoms with Crippen molar-refractivity contribution in [3.8, 4) is 5.75 Å². The normalized spacial score (nSPS) is 12.0. The van der Waals surface area contributed by atoms with Crippen LogP contribution in [-0.4, -0.2) is 6.61 Å². The van der Waals surface area contributed by atoms with Crippen LogP contribution in [0.15, 0.2) is 46.9 Å². The topological polar surface area (TPSA) is 21.3 Å². The minimum Gasteiger partial charge on any atom is -0.492 e. The van der Waals surface area contributed by atoms with Gasteiger partial charge >= 0.3 is 0 Å². The molecule has 2 aromatic rings. The number of benzene rings is 2. The van der Waals surface area contributed by atoms with Gasteiger partial charge in [0.25, 0.3) is 0 Å². The molecule has 0 fully saturated rings. The third-order valence-electron chi connectivity index (χ3n) is 2.99. The van der Waals surface area contributed by atoms with Gasteiger partial charge in [-0.3, -0.25) is 0 Å². The van der Waals surface area contributed by atoms with Gasteiger partial charge in [0.05, 0.1) is 18.3 Å². The number of ether oxygens (including phenoxy) is 1. The molecule has 2 nitrogen and oxygen atoms in total. The predicted molar refractivity (Wildman–Crippen MR) is 88.8 cm³/mol. The predicted octanol–water partition coefficient (Wildman–Crippen LogP) is 5.67. The Labute approximate surface area is 133 Å². The molecule has 4 heteroatoms. The maximum atomic E-state index is 6.29. The molecule has 0 radical (unpaired) electrons. The van der Waals surface area contributed by atoms with E-state index in [1.807, 2.05) is 49.4 Å². The molecule has 0 amide bonds. The molecule has 1 N–H and O–H groups in total. The molecule has 0 aliphatic carbocycles. The van der Waals surface area contributed by atoms with Gasteiger partial charge < -0.3 is 10.1 Å². The van der Waals surface area contributed by atoms with E-state index in [0.717, 1.165) is 26.5 Å². The molecular weight excluding hydrogens is 338 g/mol. The van der Waals surface area contributed by atoms with E-state index in [0.29, 0.717) is 6.61 Å². The molecule has 0 saturated heterocycles. The van der Waals surface area contributed by atoms with Crippen molar-refractivity contribution in [3.63, 3.8) is 0 Å². The van der Waals surface area contributed by atoms with E-state index >= 15 is 0 Å². The summed E-state index contributed by atoms with van der Waals surface area (Å²) in [6, 6.07) is 13.9. The highest BCUT2D eigenvalue weighted by Crippen LogP contribution is 2.31. The first-order chi connectivity index (χ1) is 9.61. The lowest BCUT2D eigenvalue weighted by molar-refractivity contribution is 0.341. The molecular formula is C16H17BrClNO. The average Bonchev–Trinajstić information content (AvgIpc) is 2.41. The zero-order valence-corrected chi connectivity index (χ0v) is 13.8. The second-order valence-corrected chi connectivity index (χ2v) is 5.78. The van der Waals surface area contributed by atoms with Gasteiger partial charge in [0.1, 0.15) is 5.75 Å². The van der Waals surface area contributed by atoms with E-state index in [-0.39, 0.29) is 6.04 Å². The van der Waals surface area contributed by atoms with Crippen molar-refractivity contribution in [3.05, 3.63) is 57.5 Å². The Morgan fingerprint density at radius 3 is 2.70 bits per heavy atom. The first-order valence-corrected chi connectivity index (χ1v) is 7.72. The standard InChI is InChI=1S/C16H17BrClNO/c1-3-20-16-7-5-4-6-15(16)19-11(2)13-9-8-12(17)10-14(13)18/h4-11,19H,3H2,1-2H3. The SMILES string of the molecule is CCOc1ccccc1NC(C)c1ccc(Br)cc1Cl.